The summed E-state index contributed by atoms with van der Waals surface area (Å²) in [6.45, 7) is 1.10. The molecule has 0 atom stereocenters. The lowest BCUT2D eigenvalue weighted by Crippen LogP contribution is -2.37. The second-order valence-corrected chi connectivity index (χ2v) is 5.54. The summed E-state index contributed by atoms with van der Waals surface area (Å²) in [6.07, 6.45) is 1.53. The zero-order valence-corrected chi connectivity index (χ0v) is 15.0. The number of nitrogens with one attached hydrogen (secondary N) is 2. The summed E-state index contributed by atoms with van der Waals surface area (Å²) < 4.78 is 11.2. The Morgan fingerprint density at radius 3 is 2.57 bits per heavy atom. The Morgan fingerprint density at radius 1 is 1.14 bits per heavy atom. The highest BCUT2D eigenvalue weighted by Gasteiger charge is 2.18. The van der Waals surface area contributed by atoms with Crippen molar-refractivity contribution in [3.8, 4) is 5.75 Å². The van der Waals surface area contributed by atoms with E-state index in [1.54, 1.807) is 37.3 Å². The van der Waals surface area contributed by atoms with Crippen molar-refractivity contribution in [3.05, 3.63) is 48.0 Å². The van der Waals surface area contributed by atoms with E-state index in [1.165, 1.54) is 17.8 Å². The minimum Gasteiger partial charge on any atom is -0.497 e. The van der Waals surface area contributed by atoms with Crippen LogP contribution in [0.3, 0.4) is 0 Å². The molecular formula is C17H16N6O5. The number of aromatic nitrogens is 4. The van der Waals surface area contributed by atoms with E-state index in [2.05, 4.69) is 20.4 Å². The molecule has 0 aliphatic rings. The van der Waals surface area contributed by atoms with Crippen LogP contribution in [-0.2, 0) is 9.53 Å². The smallest absolute Gasteiger partial charge is 0.378 e. The third kappa shape index (κ3) is 4.38. The molecule has 3 amide bonds. The highest BCUT2D eigenvalue weighted by atomic mass is 16.5. The number of hydrogen-bond acceptors (Lipinski definition) is 8. The van der Waals surface area contributed by atoms with Gasteiger partial charge in [-0.15, -0.1) is 5.10 Å². The lowest BCUT2D eigenvalue weighted by molar-refractivity contribution is -0.123. The number of urea groups is 1. The minimum atomic E-state index is -0.907. The van der Waals surface area contributed by atoms with Gasteiger partial charge in [-0.3, -0.25) is 10.1 Å². The van der Waals surface area contributed by atoms with Crippen LogP contribution in [0, 0.1) is 6.92 Å². The summed E-state index contributed by atoms with van der Waals surface area (Å²) in [7, 11) is 1.52. The summed E-state index contributed by atoms with van der Waals surface area (Å²) in [5.41, 5.74) is 1.18. The molecule has 0 spiro atoms. The number of rotatable bonds is 5. The summed E-state index contributed by atoms with van der Waals surface area (Å²) in [5, 5.41) is 8.48. The number of nitrogens with zero attached hydrogens (tertiary/aromatic N) is 4. The van der Waals surface area contributed by atoms with Crippen LogP contribution in [0.4, 0.5) is 10.5 Å². The molecule has 2 heterocycles. The average Bonchev–Trinajstić information content (AvgIpc) is 3.12. The van der Waals surface area contributed by atoms with Gasteiger partial charge in [0.1, 0.15) is 5.75 Å². The maximum atomic E-state index is 12.0. The molecule has 0 saturated heterocycles. The van der Waals surface area contributed by atoms with Crippen LogP contribution in [0.25, 0.3) is 5.78 Å². The number of aryl methyl sites for hydroxylation is 1. The zero-order valence-electron chi connectivity index (χ0n) is 15.0. The van der Waals surface area contributed by atoms with E-state index in [0.717, 1.165) is 5.69 Å². The number of anilines is 1. The molecule has 0 unspecified atom stereocenters. The fourth-order valence-corrected chi connectivity index (χ4v) is 2.19. The molecule has 0 radical (unpaired) electrons. The number of benzene rings is 1. The van der Waals surface area contributed by atoms with Crippen molar-refractivity contribution in [2.75, 3.05) is 19.0 Å². The van der Waals surface area contributed by atoms with Gasteiger partial charge < -0.3 is 14.8 Å². The number of fused-ring (bicyclic) bond motifs is 1. The van der Waals surface area contributed by atoms with Crippen LogP contribution in [0.2, 0.25) is 0 Å². The van der Waals surface area contributed by atoms with Crippen molar-refractivity contribution in [3.63, 3.8) is 0 Å². The molecule has 3 aromatic rings. The topological polar surface area (TPSA) is 137 Å². The predicted molar refractivity (Wildman–Crippen MR) is 96.0 cm³/mol. The summed E-state index contributed by atoms with van der Waals surface area (Å²) in [5.74, 6) is -1.10. The zero-order chi connectivity index (χ0) is 20.1. The molecule has 3 rings (SSSR count). The maximum Gasteiger partial charge on any atom is 0.378 e. The van der Waals surface area contributed by atoms with Gasteiger partial charge in [0.25, 0.3) is 17.5 Å². The van der Waals surface area contributed by atoms with Crippen molar-refractivity contribution in [1.29, 1.82) is 0 Å². The summed E-state index contributed by atoms with van der Waals surface area (Å²) >= 11 is 0. The molecule has 0 aliphatic carbocycles. The monoisotopic (exact) mass is 384 g/mol. The number of carbonyl (C=O) groups excluding carboxylic acids is 3. The minimum absolute atomic E-state index is 0.232. The molecule has 2 N–H and O–H groups in total. The van der Waals surface area contributed by atoms with Crippen molar-refractivity contribution in [2.45, 2.75) is 6.92 Å². The van der Waals surface area contributed by atoms with E-state index in [9.17, 15) is 14.4 Å². The first kappa shape index (κ1) is 18.8. The van der Waals surface area contributed by atoms with Gasteiger partial charge in [-0.25, -0.2) is 19.1 Å². The van der Waals surface area contributed by atoms with Crippen LogP contribution in [0.1, 0.15) is 16.3 Å². The Labute approximate surface area is 158 Å². The van der Waals surface area contributed by atoms with Gasteiger partial charge >= 0.3 is 12.0 Å². The third-order valence-corrected chi connectivity index (χ3v) is 3.55. The van der Waals surface area contributed by atoms with Gasteiger partial charge in [-0.1, -0.05) is 0 Å². The van der Waals surface area contributed by atoms with Crippen molar-refractivity contribution in [2.24, 2.45) is 0 Å². The normalized spacial score (nSPS) is 10.4. The van der Waals surface area contributed by atoms with Gasteiger partial charge in [0.15, 0.2) is 6.61 Å². The Bertz CT molecular complexity index is 1030. The Morgan fingerprint density at radius 2 is 1.89 bits per heavy atom. The number of methoxy groups -OCH3 is 1. The number of hydrogen-bond donors (Lipinski definition) is 2. The molecule has 144 valence electrons. The van der Waals surface area contributed by atoms with E-state index >= 15 is 0 Å². The van der Waals surface area contributed by atoms with E-state index in [-0.39, 0.29) is 11.6 Å². The first-order chi connectivity index (χ1) is 13.5. The highest BCUT2D eigenvalue weighted by Crippen LogP contribution is 2.14. The van der Waals surface area contributed by atoms with E-state index in [0.29, 0.717) is 11.4 Å². The maximum absolute atomic E-state index is 12.0. The van der Waals surface area contributed by atoms with Gasteiger partial charge in [0, 0.05) is 17.6 Å². The average molecular weight is 384 g/mol. The van der Waals surface area contributed by atoms with E-state index in [1.807, 2.05) is 5.32 Å². The van der Waals surface area contributed by atoms with Gasteiger partial charge in [0.05, 0.1) is 7.11 Å². The predicted octanol–water partition coefficient (Wildman–Crippen LogP) is 0.946. The van der Waals surface area contributed by atoms with Crippen molar-refractivity contribution >= 4 is 29.4 Å². The Hall–Kier alpha value is -4.02. The van der Waals surface area contributed by atoms with E-state index < -0.39 is 24.5 Å². The van der Waals surface area contributed by atoms with Crippen molar-refractivity contribution < 1.29 is 23.9 Å². The van der Waals surface area contributed by atoms with Crippen LogP contribution in [-0.4, -0.2) is 51.2 Å². The molecule has 0 fully saturated rings. The quantitative estimate of drug-likeness (QED) is 0.620. The summed E-state index contributed by atoms with van der Waals surface area (Å²) in [6, 6.07) is 7.44. The molecule has 1 aromatic carbocycles. The van der Waals surface area contributed by atoms with Crippen LogP contribution in [0.15, 0.2) is 36.5 Å². The fraction of sp³-hybridized carbons (Fsp3) is 0.176. The van der Waals surface area contributed by atoms with Crippen LogP contribution >= 0.6 is 0 Å². The second kappa shape index (κ2) is 8.12. The fourth-order valence-electron chi connectivity index (χ4n) is 2.19. The Balaban J connectivity index is 1.50. The van der Waals surface area contributed by atoms with Crippen LogP contribution in [0.5, 0.6) is 5.75 Å². The van der Waals surface area contributed by atoms with Gasteiger partial charge in [-0.2, -0.15) is 4.98 Å². The van der Waals surface area contributed by atoms with Crippen molar-refractivity contribution in [1.82, 2.24) is 24.9 Å². The molecule has 2 aromatic heterocycles. The Kier molecular flexibility index (Phi) is 5.44. The van der Waals surface area contributed by atoms with Gasteiger partial charge in [-0.05, 0) is 37.3 Å². The molecular weight excluding hydrogens is 368 g/mol. The van der Waals surface area contributed by atoms with Gasteiger partial charge in [0.2, 0.25) is 0 Å². The first-order valence-electron chi connectivity index (χ1n) is 8.06. The molecule has 0 bridgehead atoms. The lowest BCUT2D eigenvalue weighted by atomic mass is 10.3. The molecule has 11 heteroatoms. The molecule has 28 heavy (non-hydrogen) atoms. The standard InChI is InChI=1S/C17H16N6O5/c1-10-7-8-18-16-21-14(22-23(10)16)15(25)28-9-13(24)20-17(26)19-11-3-5-12(27-2)6-4-11/h3-8H,9H2,1-2H3,(H2,19,20,24,26). The lowest BCUT2D eigenvalue weighted by Gasteiger charge is -2.07. The highest BCUT2D eigenvalue weighted by molar-refractivity contribution is 6.02. The summed E-state index contributed by atoms with van der Waals surface area (Å²) in [4.78, 5) is 43.5. The molecule has 0 aliphatic heterocycles. The third-order valence-electron chi connectivity index (χ3n) is 3.55. The SMILES string of the molecule is COc1ccc(NC(=O)NC(=O)COC(=O)c2nc3nccc(C)n3n2)cc1. The van der Waals surface area contributed by atoms with E-state index in [4.69, 9.17) is 9.47 Å². The first-order valence-corrected chi connectivity index (χ1v) is 8.06. The molecule has 0 saturated carbocycles. The second-order valence-electron chi connectivity index (χ2n) is 5.54. The van der Waals surface area contributed by atoms with Crippen LogP contribution < -0.4 is 15.4 Å². The molecule has 11 nitrogen and oxygen atoms in total. The number of ether oxygens (including phenoxy) is 2. The largest absolute Gasteiger partial charge is 0.497 e. The number of carbonyl (C=O) groups is 3. The number of imide groups is 1. The number of amides is 3. The number of esters is 1.